The van der Waals surface area contributed by atoms with Crippen molar-refractivity contribution in [1.82, 2.24) is 9.62 Å². The number of ether oxygens (including phenoxy) is 3. The van der Waals surface area contributed by atoms with Crippen molar-refractivity contribution in [3.05, 3.63) is 23.8 Å². The summed E-state index contributed by atoms with van der Waals surface area (Å²) in [7, 11) is -3.55. The van der Waals surface area contributed by atoms with Gasteiger partial charge in [0, 0.05) is 32.8 Å². The number of aryl methyl sites for hydroxylation is 1. The first kappa shape index (κ1) is 21.6. The number of morpholine rings is 1. The molecule has 9 heteroatoms. The van der Waals surface area contributed by atoms with E-state index >= 15 is 0 Å². The molecule has 2 rings (SSSR count). The minimum atomic E-state index is -3.55. The van der Waals surface area contributed by atoms with Gasteiger partial charge in [-0.15, -0.1) is 0 Å². The normalized spacial score (nSPS) is 15.5. The van der Waals surface area contributed by atoms with E-state index < -0.39 is 10.0 Å². The Bertz CT molecular complexity index is 717. The van der Waals surface area contributed by atoms with Crippen LogP contribution in [0.25, 0.3) is 0 Å². The van der Waals surface area contributed by atoms with Crippen LogP contribution in [-0.4, -0.2) is 71.3 Å². The zero-order valence-electron chi connectivity index (χ0n) is 15.9. The monoisotopic (exact) mass is 400 g/mol. The van der Waals surface area contributed by atoms with E-state index in [1.807, 2.05) is 6.92 Å². The van der Waals surface area contributed by atoms with Crippen molar-refractivity contribution in [3.8, 4) is 5.75 Å². The fourth-order valence-corrected chi connectivity index (χ4v) is 4.11. The van der Waals surface area contributed by atoms with Crippen molar-refractivity contribution in [2.24, 2.45) is 0 Å². The highest BCUT2D eigenvalue weighted by molar-refractivity contribution is 7.89. The summed E-state index contributed by atoms with van der Waals surface area (Å²) in [5.41, 5.74) is 0.661. The van der Waals surface area contributed by atoms with E-state index in [4.69, 9.17) is 14.2 Å². The lowest BCUT2D eigenvalue weighted by Crippen LogP contribution is -2.40. The van der Waals surface area contributed by atoms with E-state index in [1.165, 1.54) is 10.4 Å². The Hall–Kier alpha value is -1.68. The maximum absolute atomic E-state index is 12.7. The predicted molar refractivity (Wildman–Crippen MR) is 100 cm³/mol. The molecule has 0 unspecified atom stereocenters. The zero-order chi connectivity index (χ0) is 19.7. The highest BCUT2D eigenvalue weighted by Gasteiger charge is 2.26. The summed E-state index contributed by atoms with van der Waals surface area (Å²) in [5, 5.41) is 2.75. The molecule has 1 aliphatic rings. The molecule has 1 N–H and O–H groups in total. The minimum Gasteiger partial charge on any atom is -0.484 e. The summed E-state index contributed by atoms with van der Waals surface area (Å²) in [6, 6.07) is 4.66. The second kappa shape index (κ2) is 10.6. The number of sulfonamides is 1. The van der Waals surface area contributed by atoms with Crippen molar-refractivity contribution >= 4 is 15.9 Å². The number of nitrogens with zero attached hydrogens (tertiary/aromatic N) is 1. The number of carbonyl (C=O) groups is 1. The van der Waals surface area contributed by atoms with Crippen LogP contribution in [0.1, 0.15) is 18.9 Å². The van der Waals surface area contributed by atoms with Crippen LogP contribution in [0.15, 0.2) is 23.1 Å². The Morgan fingerprint density at radius 3 is 2.70 bits per heavy atom. The van der Waals surface area contributed by atoms with Gasteiger partial charge in [-0.05, 0) is 44.0 Å². The molecule has 0 saturated carbocycles. The predicted octanol–water partition coefficient (Wildman–Crippen LogP) is 0.938. The molecule has 1 fully saturated rings. The van der Waals surface area contributed by atoms with Crippen LogP contribution in [0.3, 0.4) is 0 Å². The quantitative estimate of drug-likeness (QED) is 0.588. The van der Waals surface area contributed by atoms with Gasteiger partial charge in [-0.1, -0.05) is 0 Å². The van der Waals surface area contributed by atoms with Crippen molar-refractivity contribution in [3.63, 3.8) is 0 Å². The van der Waals surface area contributed by atoms with Gasteiger partial charge in [-0.2, -0.15) is 4.31 Å². The van der Waals surface area contributed by atoms with Gasteiger partial charge in [-0.3, -0.25) is 4.79 Å². The molecular formula is C18H28N2O6S. The molecule has 1 aromatic carbocycles. The van der Waals surface area contributed by atoms with E-state index in [0.29, 0.717) is 57.4 Å². The highest BCUT2D eigenvalue weighted by Crippen LogP contribution is 2.24. The van der Waals surface area contributed by atoms with Gasteiger partial charge < -0.3 is 19.5 Å². The number of nitrogens with one attached hydrogen (secondary N) is 1. The molecule has 0 aliphatic carbocycles. The Kier molecular flexibility index (Phi) is 8.49. The van der Waals surface area contributed by atoms with E-state index in [9.17, 15) is 13.2 Å². The smallest absolute Gasteiger partial charge is 0.257 e. The summed E-state index contributed by atoms with van der Waals surface area (Å²) in [6.07, 6.45) is 0.743. The molecule has 152 valence electrons. The number of amides is 1. The summed E-state index contributed by atoms with van der Waals surface area (Å²) < 4.78 is 42.7. The fraction of sp³-hybridized carbons (Fsp3) is 0.611. The van der Waals surface area contributed by atoms with Crippen LogP contribution in [0.4, 0.5) is 0 Å². The topological polar surface area (TPSA) is 94.2 Å². The first-order valence-corrected chi connectivity index (χ1v) is 10.5. The molecule has 0 bridgehead atoms. The molecule has 0 aromatic heterocycles. The fourth-order valence-electron chi connectivity index (χ4n) is 2.62. The molecule has 8 nitrogen and oxygen atoms in total. The van der Waals surface area contributed by atoms with Crippen LogP contribution < -0.4 is 10.1 Å². The van der Waals surface area contributed by atoms with Gasteiger partial charge in [0.1, 0.15) is 5.75 Å². The Balaban J connectivity index is 1.88. The third-order valence-corrected chi connectivity index (χ3v) is 6.00. The van der Waals surface area contributed by atoms with E-state index in [1.54, 1.807) is 19.1 Å². The number of carbonyl (C=O) groups excluding carboxylic acids is 1. The number of hydrogen-bond donors (Lipinski definition) is 1. The largest absolute Gasteiger partial charge is 0.484 e. The van der Waals surface area contributed by atoms with Crippen molar-refractivity contribution in [2.45, 2.75) is 25.2 Å². The summed E-state index contributed by atoms with van der Waals surface area (Å²) in [5.74, 6) is 0.260. The number of rotatable bonds is 10. The van der Waals surface area contributed by atoms with E-state index in [2.05, 4.69) is 5.32 Å². The van der Waals surface area contributed by atoms with E-state index in [0.717, 1.165) is 6.42 Å². The number of hydrogen-bond acceptors (Lipinski definition) is 6. The second-order valence-electron chi connectivity index (χ2n) is 6.13. The summed E-state index contributed by atoms with van der Waals surface area (Å²) >= 11 is 0. The molecule has 0 atom stereocenters. The minimum absolute atomic E-state index is 0.120. The summed E-state index contributed by atoms with van der Waals surface area (Å²) in [6.45, 7) is 6.86. The molecule has 1 saturated heterocycles. The van der Waals surface area contributed by atoms with Gasteiger partial charge in [0.2, 0.25) is 10.0 Å². The maximum atomic E-state index is 12.7. The van der Waals surface area contributed by atoms with Gasteiger partial charge in [0.15, 0.2) is 6.61 Å². The standard InChI is InChI=1S/C18H28N2O6S/c1-3-24-10-4-7-19-18(21)14-26-17-6-5-16(13-15(17)2)27(22,23)20-8-11-25-12-9-20/h5-6,13H,3-4,7-12,14H2,1-2H3,(H,19,21). The molecule has 1 aliphatic heterocycles. The van der Waals surface area contributed by atoms with E-state index in [-0.39, 0.29) is 17.4 Å². The number of benzene rings is 1. The van der Waals surface area contributed by atoms with Gasteiger partial charge in [0.05, 0.1) is 18.1 Å². The molecular weight excluding hydrogens is 372 g/mol. The lowest BCUT2D eigenvalue weighted by atomic mass is 10.2. The van der Waals surface area contributed by atoms with Crippen LogP contribution in [0.5, 0.6) is 5.75 Å². The first-order valence-electron chi connectivity index (χ1n) is 9.11. The van der Waals surface area contributed by atoms with Crippen molar-refractivity contribution in [2.75, 3.05) is 52.7 Å². The molecule has 1 aromatic rings. The van der Waals surface area contributed by atoms with Gasteiger partial charge in [0.25, 0.3) is 5.91 Å². The maximum Gasteiger partial charge on any atom is 0.257 e. The third kappa shape index (κ3) is 6.46. The summed E-state index contributed by atoms with van der Waals surface area (Å²) in [4.78, 5) is 12.0. The average molecular weight is 400 g/mol. The van der Waals surface area contributed by atoms with Gasteiger partial charge in [-0.25, -0.2) is 8.42 Å². The molecule has 27 heavy (non-hydrogen) atoms. The SMILES string of the molecule is CCOCCCNC(=O)COc1ccc(S(=O)(=O)N2CCOCC2)cc1C. The molecule has 0 radical (unpaired) electrons. The molecule has 1 heterocycles. The van der Waals surface area contributed by atoms with Crippen LogP contribution in [-0.2, 0) is 24.3 Å². The van der Waals surface area contributed by atoms with Gasteiger partial charge >= 0.3 is 0 Å². The van der Waals surface area contributed by atoms with Crippen LogP contribution >= 0.6 is 0 Å². The molecule has 0 spiro atoms. The first-order chi connectivity index (χ1) is 12.9. The third-order valence-electron chi connectivity index (χ3n) is 4.10. The van der Waals surface area contributed by atoms with Crippen LogP contribution in [0, 0.1) is 6.92 Å². The highest BCUT2D eigenvalue weighted by atomic mass is 32.2. The average Bonchev–Trinajstić information content (AvgIpc) is 2.67. The van der Waals surface area contributed by atoms with Crippen molar-refractivity contribution in [1.29, 1.82) is 0 Å². The van der Waals surface area contributed by atoms with Crippen molar-refractivity contribution < 1.29 is 27.4 Å². The zero-order valence-corrected chi connectivity index (χ0v) is 16.7. The lowest BCUT2D eigenvalue weighted by molar-refractivity contribution is -0.123. The molecule has 1 amide bonds. The Morgan fingerprint density at radius 2 is 2.04 bits per heavy atom. The Labute approximate surface area is 160 Å². The second-order valence-corrected chi connectivity index (χ2v) is 8.07. The lowest BCUT2D eigenvalue weighted by Gasteiger charge is -2.26. The Morgan fingerprint density at radius 1 is 1.30 bits per heavy atom. The van der Waals surface area contributed by atoms with Crippen LogP contribution in [0.2, 0.25) is 0 Å².